The molecular formula is C11H18N2. The number of piperidine rings is 1. The number of nitrogens with zero attached hydrogens (tertiary/aromatic N) is 1. The molecule has 2 aliphatic rings. The van der Waals surface area contributed by atoms with Gasteiger partial charge in [0.2, 0.25) is 0 Å². The van der Waals surface area contributed by atoms with Gasteiger partial charge in [-0.2, -0.15) is 0 Å². The summed E-state index contributed by atoms with van der Waals surface area (Å²) < 4.78 is 0. The fraction of sp³-hybridized carbons (Fsp3) is 0.818. The summed E-state index contributed by atoms with van der Waals surface area (Å²) in [4.78, 5) is 2.64. The van der Waals surface area contributed by atoms with E-state index < -0.39 is 0 Å². The summed E-state index contributed by atoms with van der Waals surface area (Å²) in [6.45, 7) is 2.48. The van der Waals surface area contributed by atoms with Crippen LogP contribution in [0, 0.1) is 17.9 Å². The summed E-state index contributed by atoms with van der Waals surface area (Å²) in [6, 6.07) is 3.45. The minimum atomic E-state index is 0.571. The third-order valence-corrected chi connectivity index (χ3v) is 3.41. The summed E-state index contributed by atoms with van der Waals surface area (Å²) in [5, 5.41) is 0. The summed E-state index contributed by atoms with van der Waals surface area (Å²) in [7, 11) is 0. The van der Waals surface area contributed by atoms with E-state index in [9.17, 15) is 0 Å². The quantitative estimate of drug-likeness (QED) is 0.482. The van der Waals surface area contributed by atoms with E-state index in [4.69, 9.17) is 5.73 Å². The molecule has 0 radical (unpaired) electrons. The lowest BCUT2D eigenvalue weighted by atomic mass is 9.88. The van der Waals surface area contributed by atoms with Crippen molar-refractivity contribution in [2.24, 2.45) is 11.7 Å². The van der Waals surface area contributed by atoms with Crippen LogP contribution in [0.1, 0.15) is 32.1 Å². The lowest BCUT2D eigenvalue weighted by Gasteiger charge is -2.40. The zero-order chi connectivity index (χ0) is 9.10. The van der Waals surface area contributed by atoms with Crippen molar-refractivity contribution in [1.82, 2.24) is 4.90 Å². The second-order valence-electron chi connectivity index (χ2n) is 4.18. The van der Waals surface area contributed by atoms with Crippen LogP contribution in [0.5, 0.6) is 0 Å². The van der Waals surface area contributed by atoms with Gasteiger partial charge < -0.3 is 10.6 Å². The van der Waals surface area contributed by atoms with Gasteiger partial charge in [-0.25, -0.2) is 0 Å². The molecule has 2 heteroatoms. The van der Waals surface area contributed by atoms with Crippen LogP contribution in [0.15, 0.2) is 0 Å². The Bertz CT molecular complexity index is 214. The van der Waals surface area contributed by atoms with E-state index in [1.807, 2.05) is 0 Å². The highest BCUT2D eigenvalue weighted by atomic mass is 15.2. The normalized spacial score (nSPS) is 26.2. The molecule has 1 saturated carbocycles. The van der Waals surface area contributed by atoms with E-state index in [2.05, 4.69) is 16.9 Å². The van der Waals surface area contributed by atoms with Gasteiger partial charge in [-0.15, -0.1) is 0 Å². The molecule has 0 spiro atoms. The van der Waals surface area contributed by atoms with E-state index in [-0.39, 0.29) is 0 Å². The third kappa shape index (κ3) is 1.97. The molecule has 0 aromatic carbocycles. The van der Waals surface area contributed by atoms with Crippen molar-refractivity contribution in [2.75, 3.05) is 13.1 Å². The molecule has 0 aromatic heterocycles. The van der Waals surface area contributed by atoms with E-state index in [1.54, 1.807) is 0 Å². The second kappa shape index (κ2) is 4.02. The van der Waals surface area contributed by atoms with E-state index in [1.165, 1.54) is 45.2 Å². The number of hydrogen-bond acceptors (Lipinski definition) is 2. The Labute approximate surface area is 80.5 Å². The first-order valence-corrected chi connectivity index (χ1v) is 5.35. The lowest BCUT2D eigenvalue weighted by molar-refractivity contribution is 0.0945. The highest BCUT2D eigenvalue weighted by molar-refractivity contribution is 5.02. The average Bonchev–Trinajstić information content (AvgIpc) is 2.06. The molecule has 1 aliphatic carbocycles. The molecule has 0 atom stereocenters. The maximum Gasteiger partial charge on any atom is 0.0245 e. The highest BCUT2D eigenvalue weighted by Crippen LogP contribution is 2.28. The number of hydrogen-bond donors (Lipinski definition) is 1. The number of rotatable bonds is 1. The highest BCUT2D eigenvalue weighted by Gasteiger charge is 2.27. The van der Waals surface area contributed by atoms with Gasteiger partial charge >= 0.3 is 0 Å². The van der Waals surface area contributed by atoms with Crippen molar-refractivity contribution in [3.63, 3.8) is 0 Å². The Morgan fingerprint density at radius 2 is 1.77 bits per heavy atom. The Balaban J connectivity index is 1.77. The number of likely N-dealkylation sites (tertiary alicyclic amines) is 1. The first kappa shape index (κ1) is 8.90. The van der Waals surface area contributed by atoms with Gasteiger partial charge in [-0.3, -0.25) is 0 Å². The minimum absolute atomic E-state index is 0.571. The van der Waals surface area contributed by atoms with Crippen molar-refractivity contribution in [1.29, 1.82) is 0 Å². The molecule has 2 rings (SSSR count). The third-order valence-electron chi connectivity index (χ3n) is 3.41. The topological polar surface area (TPSA) is 29.3 Å². The molecule has 0 amide bonds. The van der Waals surface area contributed by atoms with Crippen molar-refractivity contribution >= 4 is 0 Å². The van der Waals surface area contributed by atoms with Crippen LogP contribution in [0.4, 0.5) is 0 Å². The van der Waals surface area contributed by atoms with Crippen LogP contribution in [0.3, 0.4) is 0 Å². The second-order valence-corrected chi connectivity index (χ2v) is 4.18. The maximum atomic E-state index is 5.22. The monoisotopic (exact) mass is 178 g/mol. The summed E-state index contributed by atoms with van der Waals surface area (Å²) in [5.41, 5.74) is 5.22. The first-order valence-electron chi connectivity index (χ1n) is 5.35. The van der Waals surface area contributed by atoms with E-state index in [0.29, 0.717) is 5.92 Å². The van der Waals surface area contributed by atoms with Gasteiger partial charge in [0.05, 0.1) is 0 Å². The van der Waals surface area contributed by atoms with Crippen molar-refractivity contribution in [2.45, 2.75) is 38.1 Å². The fourth-order valence-electron chi connectivity index (χ4n) is 2.28. The maximum absolute atomic E-state index is 5.22. The van der Waals surface area contributed by atoms with Gasteiger partial charge in [0.1, 0.15) is 0 Å². The van der Waals surface area contributed by atoms with Crippen LogP contribution in [-0.2, 0) is 0 Å². The van der Waals surface area contributed by atoms with Crippen molar-refractivity contribution < 1.29 is 0 Å². The van der Waals surface area contributed by atoms with Crippen LogP contribution < -0.4 is 5.73 Å². The summed E-state index contributed by atoms with van der Waals surface area (Å²) in [5.74, 6) is 3.65. The summed E-state index contributed by atoms with van der Waals surface area (Å²) >= 11 is 0. The van der Waals surface area contributed by atoms with Gasteiger partial charge in [-0.1, -0.05) is 12.3 Å². The molecule has 72 valence electrons. The van der Waals surface area contributed by atoms with Crippen molar-refractivity contribution in [3.8, 4) is 12.0 Å². The minimum Gasteiger partial charge on any atom is -0.359 e. The molecule has 2 fully saturated rings. The largest absolute Gasteiger partial charge is 0.359 e. The van der Waals surface area contributed by atoms with E-state index >= 15 is 0 Å². The fourth-order valence-corrected chi connectivity index (χ4v) is 2.28. The molecule has 1 saturated heterocycles. The molecule has 0 unspecified atom stereocenters. The zero-order valence-corrected chi connectivity index (χ0v) is 8.13. The Hall–Kier alpha value is -0.680. The SMILES string of the molecule is NC#CC1CCN(C2CCC2)CC1. The van der Waals surface area contributed by atoms with Gasteiger partial charge in [0, 0.05) is 18.0 Å². The molecule has 1 heterocycles. The standard InChI is InChI=1S/C11H18N2/c12-7-4-10-5-8-13(9-6-10)11-2-1-3-11/h10-11H,1-3,5-6,8-9,12H2. The molecule has 0 aromatic rings. The Morgan fingerprint density at radius 1 is 1.08 bits per heavy atom. The Morgan fingerprint density at radius 3 is 2.23 bits per heavy atom. The average molecular weight is 178 g/mol. The zero-order valence-electron chi connectivity index (χ0n) is 8.13. The van der Waals surface area contributed by atoms with Crippen LogP contribution in [-0.4, -0.2) is 24.0 Å². The predicted molar refractivity (Wildman–Crippen MR) is 53.9 cm³/mol. The molecule has 0 bridgehead atoms. The predicted octanol–water partition coefficient (Wildman–Crippen LogP) is 1.17. The van der Waals surface area contributed by atoms with E-state index in [0.717, 1.165) is 6.04 Å². The smallest absolute Gasteiger partial charge is 0.0245 e. The number of nitrogens with two attached hydrogens (primary N) is 1. The van der Waals surface area contributed by atoms with Crippen LogP contribution in [0.25, 0.3) is 0 Å². The molecule has 2 nitrogen and oxygen atoms in total. The summed E-state index contributed by atoms with van der Waals surface area (Å²) in [6.07, 6.45) is 6.73. The van der Waals surface area contributed by atoms with Gasteiger partial charge in [-0.05, 0) is 38.8 Å². The van der Waals surface area contributed by atoms with Crippen LogP contribution >= 0.6 is 0 Å². The first-order chi connectivity index (χ1) is 6.40. The van der Waals surface area contributed by atoms with Crippen LogP contribution in [0.2, 0.25) is 0 Å². The molecule has 13 heavy (non-hydrogen) atoms. The molecule has 1 aliphatic heterocycles. The molecule has 2 N–H and O–H groups in total. The molecular weight excluding hydrogens is 160 g/mol. The van der Waals surface area contributed by atoms with Gasteiger partial charge in [0.15, 0.2) is 0 Å². The van der Waals surface area contributed by atoms with Crippen molar-refractivity contribution in [3.05, 3.63) is 0 Å². The Kier molecular flexibility index (Phi) is 2.75. The van der Waals surface area contributed by atoms with Gasteiger partial charge in [0.25, 0.3) is 0 Å². The lowest BCUT2D eigenvalue weighted by Crippen LogP contribution is -2.44.